The lowest BCUT2D eigenvalue weighted by Gasteiger charge is -2.43. The Labute approximate surface area is 110 Å². The zero-order valence-corrected chi connectivity index (χ0v) is 11.2. The molecule has 0 aromatic heterocycles. The largest absolute Gasteiger partial charge is 0.356 e. The summed E-state index contributed by atoms with van der Waals surface area (Å²) in [4.78, 5) is 13.4. The Bertz CT molecular complexity index is 309. The number of rotatable bonds is 5. The summed E-state index contributed by atoms with van der Waals surface area (Å²) in [6.07, 6.45) is -2.69. The molecule has 7 heteroatoms. The fourth-order valence-corrected chi connectivity index (χ4v) is 2.51. The van der Waals surface area contributed by atoms with E-state index in [0.717, 1.165) is 6.92 Å². The van der Waals surface area contributed by atoms with Crippen molar-refractivity contribution in [3.8, 4) is 0 Å². The fourth-order valence-electron chi connectivity index (χ4n) is 2.51. The second-order valence-electron chi connectivity index (χ2n) is 5.02. The number of carbonyl (C=O) groups excluding carboxylic acids is 1. The van der Waals surface area contributed by atoms with Gasteiger partial charge >= 0.3 is 0 Å². The van der Waals surface area contributed by atoms with E-state index in [1.807, 2.05) is 0 Å². The second-order valence-corrected chi connectivity index (χ2v) is 5.02. The van der Waals surface area contributed by atoms with Crippen LogP contribution in [0.5, 0.6) is 0 Å². The molecule has 0 aromatic carbocycles. The molecule has 0 aromatic rings. The molecule has 1 fully saturated rings. The Morgan fingerprint density at radius 1 is 1.37 bits per heavy atom. The van der Waals surface area contributed by atoms with Gasteiger partial charge in [0.15, 0.2) is 0 Å². The molecule has 0 unspecified atom stereocenters. The van der Waals surface area contributed by atoms with Crippen molar-refractivity contribution in [2.45, 2.75) is 39.0 Å². The summed E-state index contributed by atoms with van der Waals surface area (Å²) in [6, 6.07) is 0. The van der Waals surface area contributed by atoms with Crippen LogP contribution < -0.4 is 5.32 Å². The van der Waals surface area contributed by atoms with Crippen LogP contribution in [0.2, 0.25) is 0 Å². The molecule has 112 valence electrons. The van der Waals surface area contributed by atoms with E-state index < -0.39 is 30.2 Å². The van der Waals surface area contributed by atoms with Gasteiger partial charge in [-0.3, -0.25) is 9.69 Å². The SMILES string of the molecule is CCNC(=O)C1(C(C)(F)F)CCN(CC(F)F)CC1. The van der Waals surface area contributed by atoms with Gasteiger partial charge in [0.2, 0.25) is 5.91 Å². The summed E-state index contributed by atoms with van der Waals surface area (Å²) in [5.41, 5.74) is -1.78. The maximum Gasteiger partial charge on any atom is 0.259 e. The maximum atomic E-state index is 13.8. The molecular weight excluding hydrogens is 264 g/mol. The normalized spacial score (nSPS) is 20.6. The zero-order valence-electron chi connectivity index (χ0n) is 11.2. The Hall–Kier alpha value is -0.850. The Morgan fingerprint density at radius 2 is 1.89 bits per heavy atom. The highest BCUT2D eigenvalue weighted by molar-refractivity contribution is 5.83. The third-order valence-electron chi connectivity index (χ3n) is 3.72. The predicted molar refractivity (Wildman–Crippen MR) is 63.4 cm³/mol. The van der Waals surface area contributed by atoms with Crippen molar-refractivity contribution >= 4 is 5.91 Å². The van der Waals surface area contributed by atoms with E-state index in [1.54, 1.807) is 6.92 Å². The van der Waals surface area contributed by atoms with Crippen LogP contribution in [0.4, 0.5) is 17.6 Å². The number of carbonyl (C=O) groups is 1. The summed E-state index contributed by atoms with van der Waals surface area (Å²) in [5.74, 6) is -3.84. The van der Waals surface area contributed by atoms with Crippen molar-refractivity contribution in [1.82, 2.24) is 10.2 Å². The van der Waals surface area contributed by atoms with Crippen molar-refractivity contribution in [3.63, 3.8) is 0 Å². The van der Waals surface area contributed by atoms with Gasteiger partial charge in [0.05, 0.1) is 6.54 Å². The van der Waals surface area contributed by atoms with E-state index in [-0.39, 0.29) is 32.5 Å². The molecule has 1 N–H and O–H groups in total. The third kappa shape index (κ3) is 3.58. The molecule has 3 nitrogen and oxygen atoms in total. The Balaban J connectivity index is 2.79. The van der Waals surface area contributed by atoms with E-state index in [0.29, 0.717) is 0 Å². The molecule has 1 amide bonds. The van der Waals surface area contributed by atoms with Gasteiger partial charge in [-0.2, -0.15) is 0 Å². The second kappa shape index (κ2) is 6.07. The number of piperidine rings is 1. The van der Waals surface area contributed by atoms with Crippen LogP contribution in [0.25, 0.3) is 0 Å². The molecule has 19 heavy (non-hydrogen) atoms. The number of amides is 1. The van der Waals surface area contributed by atoms with Crippen molar-refractivity contribution in [2.75, 3.05) is 26.2 Å². The Morgan fingerprint density at radius 3 is 2.26 bits per heavy atom. The van der Waals surface area contributed by atoms with Crippen LogP contribution in [0, 0.1) is 5.41 Å². The molecule has 1 saturated heterocycles. The highest BCUT2D eigenvalue weighted by Crippen LogP contribution is 2.45. The molecule has 0 aliphatic carbocycles. The van der Waals surface area contributed by atoms with E-state index >= 15 is 0 Å². The molecule has 1 rings (SSSR count). The van der Waals surface area contributed by atoms with E-state index in [1.165, 1.54) is 4.90 Å². The average molecular weight is 284 g/mol. The highest BCUT2D eigenvalue weighted by Gasteiger charge is 2.56. The van der Waals surface area contributed by atoms with Crippen LogP contribution in [0.1, 0.15) is 26.7 Å². The lowest BCUT2D eigenvalue weighted by Crippen LogP contribution is -2.57. The first-order valence-electron chi connectivity index (χ1n) is 6.39. The average Bonchev–Trinajstić information content (AvgIpc) is 2.28. The van der Waals surface area contributed by atoms with Crippen LogP contribution in [0.15, 0.2) is 0 Å². The minimum atomic E-state index is -3.16. The zero-order chi connectivity index (χ0) is 14.7. The first-order chi connectivity index (χ1) is 8.73. The van der Waals surface area contributed by atoms with E-state index in [4.69, 9.17) is 0 Å². The quantitative estimate of drug-likeness (QED) is 0.784. The summed E-state index contributed by atoms with van der Waals surface area (Å²) < 4.78 is 52.1. The molecule has 1 aliphatic heterocycles. The number of likely N-dealkylation sites (tertiary alicyclic amines) is 1. The lowest BCUT2D eigenvalue weighted by molar-refractivity contribution is -0.167. The number of nitrogens with one attached hydrogen (secondary N) is 1. The fraction of sp³-hybridized carbons (Fsp3) is 0.917. The van der Waals surface area contributed by atoms with Gasteiger partial charge in [-0.15, -0.1) is 0 Å². The van der Waals surface area contributed by atoms with Gasteiger partial charge in [-0.25, -0.2) is 17.6 Å². The smallest absolute Gasteiger partial charge is 0.259 e. The minimum absolute atomic E-state index is 0.0882. The first-order valence-corrected chi connectivity index (χ1v) is 6.39. The van der Waals surface area contributed by atoms with Crippen LogP contribution in [-0.2, 0) is 4.79 Å². The van der Waals surface area contributed by atoms with Gasteiger partial charge in [-0.05, 0) is 32.9 Å². The standard InChI is InChI=1S/C12H20F4N2O/c1-3-17-10(19)12(11(2,15)16)4-6-18(7-5-12)8-9(13)14/h9H,3-8H2,1-2H3,(H,17,19). The van der Waals surface area contributed by atoms with E-state index in [2.05, 4.69) is 5.32 Å². The summed E-state index contributed by atoms with van der Waals surface area (Å²) in [6.45, 7) is 2.41. The van der Waals surface area contributed by atoms with Gasteiger partial charge in [0.1, 0.15) is 5.41 Å². The molecule has 0 spiro atoms. The molecule has 1 heterocycles. The summed E-state index contributed by atoms with van der Waals surface area (Å²) in [5, 5.41) is 2.43. The third-order valence-corrected chi connectivity index (χ3v) is 3.72. The van der Waals surface area contributed by atoms with Crippen LogP contribution in [0.3, 0.4) is 0 Å². The summed E-state index contributed by atoms with van der Waals surface area (Å²) >= 11 is 0. The monoisotopic (exact) mass is 284 g/mol. The number of hydrogen-bond acceptors (Lipinski definition) is 2. The number of alkyl halides is 4. The van der Waals surface area contributed by atoms with Gasteiger partial charge in [0, 0.05) is 13.5 Å². The molecule has 0 radical (unpaired) electrons. The molecule has 1 aliphatic rings. The Kier molecular flexibility index (Phi) is 5.18. The van der Waals surface area contributed by atoms with Crippen molar-refractivity contribution in [2.24, 2.45) is 5.41 Å². The van der Waals surface area contributed by atoms with Crippen molar-refractivity contribution < 1.29 is 22.4 Å². The van der Waals surface area contributed by atoms with Crippen LogP contribution in [-0.4, -0.2) is 49.3 Å². The lowest BCUT2D eigenvalue weighted by atomic mass is 9.72. The number of hydrogen-bond donors (Lipinski definition) is 1. The molecule has 0 bridgehead atoms. The van der Waals surface area contributed by atoms with Crippen LogP contribution >= 0.6 is 0 Å². The molecule has 0 saturated carbocycles. The number of halogens is 4. The maximum absolute atomic E-state index is 13.8. The summed E-state index contributed by atoms with van der Waals surface area (Å²) in [7, 11) is 0. The predicted octanol–water partition coefficient (Wildman–Crippen LogP) is 2.12. The highest BCUT2D eigenvalue weighted by atomic mass is 19.3. The number of nitrogens with zero attached hydrogens (tertiary/aromatic N) is 1. The van der Waals surface area contributed by atoms with Gasteiger partial charge in [0.25, 0.3) is 12.3 Å². The van der Waals surface area contributed by atoms with Crippen molar-refractivity contribution in [1.29, 1.82) is 0 Å². The van der Waals surface area contributed by atoms with Crippen molar-refractivity contribution in [3.05, 3.63) is 0 Å². The first kappa shape index (κ1) is 16.2. The minimum Gasteiger partial charge on any atom is -0.356 e. The van der Waals surface area contributed by atoms with E-state index in [9.17, 15) is 22.4 Å². The van der Waals surface area contributed by atoms with Gasteiger partial charge < -0.3 is 5.32 Å². The molecule has 0 atom stereocenters. The molecular formula is C12H20F4N2O. The van der Waals surface area contributed by atoms with Gasteiger partial charge in [-0.1, -0.05) is 0 Å². The topological polar surface area (TPSA) is 32.3 Å².